The van der Waals surface area contributed by atoms with Crippen molar-refractivity contribution in [2.45, 2.75) is 44.6 Å². The Morgan fingerprint density at radius 2 is 1.97 bits per heavy atom. The fourth-order valence-corrected chi connectivity index (χ4v) is 5.41. The van der Waals surface area contributed by atoms with Gasteiger partial charge in [0.15, 0.2) is 0 Å². The fourth-order valence-electron chi connectivity index (χ4n) is 5.41. The Morgan fingerprint density at radius 3 is 2.67 bits per heavy atom. The molecule has 2 heterocycles. The third-order valence-electron chi connectivity index (χ3n) is 7.94. The molecule has 1 spiro atoms. The number of nitriles is 1. The lowest BCUT2D eigenvalue weighted by Gasteiger charge is -2.31. The summed E-state index contributed by atoms with van der Waals surface area (Å²) >= 11 is 0. The van der Waals surface area contributed by atoms with Gasteiger partial charge in [-0.25, -0.2) is 14.4 Å². The average molecular weight is 493 g/mol. The van der Waals surface area contributed by atoms with Crippen LogP contribution in [0.4, 0.5) is 10.2 Å². The van der Waals surface area contributed by atoms with E-state index in [0.29, 0.717) is 49.0 Å². The van der Waals surface area contributed by atoms with Crippen LogP contribution < -0.4 is 10.6 Å². The number of carbonyl (C=O) groups excluding carboxylic acids is 1. The molecule has 36 heavy (non-hydrogen) atoms. The summed E-state index contributed by atoms with van der Waals surface area (Å²) < 4.78 is 20.2. The smallest absolute Gasteiger partial charge is 0.257 e. The summed E-state index contributed by atoms with van der Waals surface area (Å²) in [6, 6.07) is 7.91. The van der Waals surface area contributed by atoms with Crippen molar-refractivity contribution in [3.63, 3.8) is 0 Å². The van der Waals surface area contributed by atoms with Crippen LogP contribution in [0.25, 0.3) is 0 Å². The Kier molecular flexibility index (Phi) is 7.44. The molecule has 1 aromatic heterocycles. The molecule has 5 rings (SSSR count). The Morgan fingerprint density at radius 1 is 1.22 bits per heavy atom. The second-order valence-electron chi connectivity index (χ2n) is 10.4. The molecule has 0 radical (unpaired) electrons. The van der Waals surface area contributed by atoms with Crippen molar-refractivity contribution < 1.29 is 13.9 Å². The van der Waals surface area contributed by atoms with Crippen molar-refractivity contribution in [2.24, 2.45) is 11.3 Å². The van der Waals surface area contributed by atoms with Gasteiger partial charge in [0.2, 0.25) is 5.82 Å². The number of nitrogens with zero attached hydrogens (tertiary/aromatic N) is 4. The second-order valence-corrected chi connectivity index (χ2v) is 10.4. The SMILES string of the molecule is N#Cc1ncc(C(=O)NC(CN2CCOCC2)c2ccccc2F)c(NCC2CCC3(CC2)CC3)n1. The molecule has 9 heteroatoms. The molecule has 1 aliphatic heterocycles. The topological polar surface area (TPSA) is 103 Å². The van der Waals surface area contributed by atoms with Crippen LogP contribution in [-0.4, -0.2) is 60.2 Å². The minimum Gasteiger partial charge on any atom is -0.379 e. The van der Waals surface area contributed by atoms with Crippen molar-refractivity contribution >= 4 is 11.7 Å². The maximum absolute atomic E-state index is 14.7. The first-order valence-corrected chi connectivity index (χ1v) is 12.9. The summed E-state index contributed by atoms with van der Waals surface area (Å²) in [7, 11) is 0. The lowest BCUT2D eigenvalue weighted by atomic mass is 9.80. The lowest BCUT2D eigenvalue weighted by Crippen LogP contribution is -2.43. The van der Waals surface area contributed by atoms with E-state index in [1.54, 1.807) is 18.2 Å². The van der Waals surface area contributed by atoms with Gasteiger partial charge in [0.1, 0.15) is 23.3 Å². The van der Waals surface area contributed by atoms with E-state index in [2.05, 4.69) is 25.5 Å². The minimum atomic E-state index is -0.562. The van der Waals surface area contributed by atoms with Gasteiger partial charge in [-0.05, 0) is 55.9 Å². The van der Waals surface area contributed by atoms with E-state index >= 15 is 0 Å². The molecule has 1 unspecified atom stereocenters. The third kappa shape index (κ3) is 5.82. The highest BCUT2D eigenvalue weighted by molar-refractivity contribution is 5.98. The molecule has 2 saturated carbocycles. The number of hydrogen-bond acceptors (Lipinski definition) is 7. The van der Waals surface area contributed by atoms with Gasteiger partial charge < -0.3 is 15.4 Å². The summed E-state index contributed by atoms with van der Waals surface area (Å²) in [6.45, 7) is 3.81. The number of morpholine rings is 1. The number of amides is 1. The summed E-state index contributed by atoms with van der Waals surface area (Å²) in [5.74, 6) is 0.110. The Labute approximate surface area is 211 Å². The number of benzene rings is 1. The number of anilines is 1. The maximum atomic E-state index is 14.7. The van der Waals surface area contributed by atoms with Crippen LogP contribution in [0.1, 0.15) is 66.3 Å². The zero-order valence-corrected chi connectivity index (χ0v) is 20.5. The molecule has 1 saturated heterocycles. The molecule has 2 aromatic rings. The maximum Gasteiger partial charge on any atom is 0.257 e. The lowest BCUT2D eigenvalue weighted by molar-refractivity contribution is 0.0331. The first-order chi connectivity index (χ1) is 17.5. The van der Waals surface area contributed by atoms with Crippen molar-refractivity contribution in [1.82, 2.24) is 20.2 Å². The van der Waals surface area contributed by atoms with Gasteiger partial charge in [0.25, 0.3) is 5.91 Å². The third-order valence-corrected chi connectivity index (χ3v) is 7.94. The Bertz CT molecular complexity index is 1120. The molecular weight excluding hydrogens is 459 g/mol. The van der Waals surface area contributed by atoms with E-state index < -0.39 is 11.9 Å². The van der Waals surface area contributed by atoms with Crippen molar-refractivity contribution in [3.05, 3.63) is 53.2 Å². The Hall–Kier alpha value is -3.09. The van der Waals surface area contributed by atoms with Gasteiger partial charge in [0, 0.05) is 37.9 Å². The van der Waals surface area contributed by atoms with E-state index in [0.717, 1.165) is 13.1 Å². The predicted octanol–water partition coefficient (Wildman–Crippen LogP) is 3.67. The minimum absolute atomic E-state index is 0.00796. The van der Waals surface area contributed by atoms with E-state index in [-0.39, 0.29) is 17.2 Å². The van der Waals surface area contributed by atoms with Crippen LogP contribution >= 0.6 is 0 Å². The van der Waals surface area contributed by atoms with Gasteiger partial charge in [-0.2, -0.15) is 5.26 Å². The quantitative estimate of drug-likeness (QED) is 0.580. The molecule has 3 fully saturated rings. The highest BCUT2D eigenvalue weighted by atomic mass is 19.1. The number of halogens is 1. The van der Waals surface area contributed by atoms with Gasteiger partial charge in [-0.1, -0.05) is 18.2 Å². The van der Waals surface area contributed by atoms with Gasteiger partial charge in [-0.15, -0.1) is 0 Å². The molecular formula is C27H33FN6O2. The van der Waals surface area contributed by atoms with E-state index in [9.17, 15) is 14.4 Å². The largest absolute Gasteiger partial charge is 0.379 e. The number of carbonyl (C=O) groups is 1. The first kappa shape index (κ1) is 24.6. The van der Waals surface area contributed by atoms with E-state index in [4.69, 9.17) is 4.74 Å². The molecule has 1 amide bonds. The van der Waals surface area contributed by atoms with Crippen LogP contribution in [0.3, 0.4) is 0 Å². The molecule has 8 nitrogen and oxygen atoms in total. The van der Waals surface area contributed by atoms with Crippen LogP contribution in [0.15, 0.2) is 30.5 Å². The molecule has 3 aliphatic rings. The van der Waals surface area contributed by atoms with Crippen LogP contribution in [0.5, 0.6) is 0 Å². The summed E-state index contributed by atoms with van der Waals surface area (Å²) in [5, 5.41) is 15.7. The van der Waals surface area contributed by atoms with Crippen molar-refractivity contribution in [3.8, 4) is 6.07 Å². The van der Waals surface area contributed by atoms with Crippen LogP contribution in [0, 0.1) is 28.5 Å². The molecule has 2 aliphatic carbocycles. The van der Waals surface area contributed by atoms with Crippen molar-refractivity contribution in [2.75, 3.05) is 44.7 Å². The zero-order chi connectivity index (χ0) is 25.0. The second kappa shape index (κ2) is 10.9. The first-order valence-electron chi connectivity index (χ1n) is 12.9. The molecule has 1 aromatic carbocycles. The number of nitrogens with one attached hydrogen (secondary N) is 2. The monoisotopic (exact) mass is 492 g/mol. The van der Waals surface area contributed by atoms with Crippen LogP contribution in [-0.2, 0) is 4.74 Å². The van der Waals surface area contributed by atoms with E-state index in [1.807, 2.05) is 6.07 Å². The normalized spacial score (nSPS) is 20.4. The molecule has 1 atom stereocenters. The molecule has 2 N–H and O–H groups in total. The number of rotatable bonds is 8. The fraction of sp³-hybridized carbons (Fsp3) is 0.556. The standard InChI is InChI=1S/C27H33FN6O2/c28-22-4-2-1-3-20(22)23(18-34-11-13-36-14-12-34)32-26(35)21-17-30-24(15-29)33-25(21)31-16-19-5-7-27(8-6-19)9-10-27/h1-4,17,19,23H,5-14,16,18H2,(H,32,35)(H,30,31,33). The van der Waals surface area contributed by atoms with Crippen LogP contribution in [0.2, 0.25) is 0 Å². The van der Waals surface area contributed by atoms with Gasteiger partial charge in [-0.3, -0.25) is 9.69 Å². The molecule has 0 bridgehead atoms. The van der Waals surface area contributed by atoms with Gasteiger partial charge >= 0.3 is 0 Å². The van der Waals surface area contributed by atoms with Crippen molar-refractivity contribution in [1.29, 1.82) is 5.26 Å². The van der Waals surface area contributed by atoms with E-state index in [1.165, 1.54) is 50.8 Å². The summed E-state index contributed by atoms with van der Waals surface area (Å²) in [4.78, 5) is 24.0. The number of hydrogen-bond donors (Lipinski definition) is 2. The summed E-state index contributed by atoms with van der Waals surface area (Å²) in [5.41, 5.74) is 1.30. The number of ether oxygens (including phenoxy) is 1. The highest BCUT2D eigenvalue weighted by Crippen LogP contribution is 2.57. The van der Waals surface area contributed by atoms with Gasteiger partial charge in [0.05, 0.1) is 19.3 Å². The predicted molar refractivity (Wildman–Crippen MR) is 133 cm³/mol. The highest BCUT2D eigenvalue weighted by Gasteiger charge is 2.44. The Balaban J connectivity index is 1.31. The average Bonchev–Trinajstić information content (AvgIpc) is 3.67. The zero-order valence-electron chi connectivity index (χ0n) is 20.5. The molecule has 190 valence electrons. The number of aromatic nitrogens is 2. The summed E-state index contributed by atoms with van der Waals surface area (Å²) in [6.07, 6.45) is 8.98.